The number of carbonyl (C=O) groups excluding carboxylic acids is 1. The number of piperidine rings is 1. The Hall–Kier alpha value is -3.88. The molecule has 1 aliphatic heterocycles. The molecule has 2 aromatic heterocycles. The van der Waals surface area contributed by atoms with Crippen molar-refractivity contribution in [3.05, 3.63) is 71.6 Å². The predicted molar refractivity (Wildman–Crippen MR) is 126 cm³/mol. The van der Waals surface area contributed by atoms with Crippen LogP contribution < -0.4 is 10.2 Å². The summed E-state index contributed by atoms with van der Waals surface area (Å²) in [6, 6.07) is 13.0. The second-order valence-electron chi connectivity index (χ2n) is 8.54. The quantitative estimate of drug-likeness (QED) is 0.481. The van der Waals surface area contributed by atoms with Crippen molar-refractivity contribution in [2.45, 2.75) is 26.7 Å². The molecule has 7 nitrogen and oxygen atoms in total. The standard InChI is InChI=1S/C25H24F2N6O/c1-15-22-16(2)33(19-6-4-3-5-7-19)31-23(22)24(30-29-15)32-12-10-17(11-13-32)25(34)28-21-9-8-18(26)14-20(21)27/h3-9,14,17H,10-13H2,1-2H3,(H,28,34). The minimum Gasteiger partial charge on any atom is -0.353 e. The molecule has 1 fully saturated rings. The van der Waals surface area contributed by atoms with Gasteiger partial charge in [0.2, 0.25) is 5.91 Å². The first-order chi connectivity index (χ1) is 16.4. The SMILES string of the molecule is Cc1nnc(N2CCC(C(=O)Nc3ccc(F)cc3F)CC2)c2nn(-c3ccccc3)c(C)c12. The van der Waals surface area contributed by atoms with Gasteiger partial charge in [0, 0.05) is 25.1 Å². The third kappa shape index (κ3) is 3.98. The van der Waals surface area contributed by atoms with Crippen molar-refractivity contribution in [1.82, 2.24) is 20.0 Å². The van der Waals surface area contributed by atoms with Gasteiger partial charge in [-0.3, -0.25) is 4.79 Å². The second-order valence-corrected chi connectivity index (χ2v) is 8.54. The lowest BCUT2D eigenvalue weighted by atomic mass is 9.95. The molecule has 1 N–H and O–H groups in total. The van der Waals surface area contributed by atoms with Crippen LogP contribution in [-0.2, 0) is 4.79 Å². The number of benzene rings is 2. The highest BCUT2D eigenvalue weighted by atomic mass is 19.1. The molecule has 5 rings (SSSR count). The van der Waals surface area contributed by atoms with Crippen molar-refractivity contribution in [3.63, 3.8) is 0 Å². The zero-order valence-electron chi connectivity index (χ0n) is 18.9. The van der Waals surface area contributed by atoms with Gasteiger partial charge < -0.3 is 10.2 Å². The molecule has 0 bridgehead atoms. The number of anilines is 2. The van der Waals surface area contributed by atoms with E-state index in [9.17, 15) is 13.6 Å². The van der Waals surface area contributed by atoms with E-state index in [2.05, 4.69) is 20.4 Å². The van der Waals surface area contributed by atoms with Crippen LogP contribution in [0, 0.1) is 31.4 Å². The highest BCUT2D eigenvalue weighted by molar-refractivity contribution is 5.94. The summed E-state index contributed by atoms with van der Waals surface area (Å²) in [5, 5.41) is 17.3. The maximum absolute atomic E-state index is 13.9. The first-order valence-corrected chi connectivity index (χ1v) is 11.2. The molecule has 3 heterocycles. The number of nitrogens with zero attached hydrogens (tertiary/aromatic N) is 5. The Kier molecular flexibility index (Phi) is 5.69. The normalized spacial score (nSPS) is 14.5. The monoisotopic (exact) mass is 462 g/mol. The van der Waals surface area contributed by atoms with Crippen molar-refractivity contribution in [2.75, 3.05) is 23.3 Å². The van der Waals surface area contributed by atoms with E-state index in [-0.39, 0.29) is 17.5 Å². The fourth-order valence-corrected chi connectivity index (χ4v) is 4.52. The Bertz CT molecular complexity index is 1360. The summed E-state index contributed by atoms with van der Waals surface area (Å²) in [5.74, 6) is -1.32. The number of hydrogen-bond acceptors (Lipinski definition) is 5. The zero-order valence-corrected chi connectivity index (χ0v) is 18.9. The molecule has 4 aromatic rings. The molecule has 1 saturated heterocycles. The number of carbonyl (C=O) groups is 1. The number of fused-ring (bicyclic) bond motifs is 1. The van der Waals surface area contributed by atoms with Crippen LogP contribution in [0.3, 0.4) is 0 Å². The Labute approximate surface area is 195 Å². The Balaban J connectivity index is 1.36. The van der Waals surface area contributed by atoms with E-state index < -0.39 is 11.6 Å². The molecule has 0 atom stereocenters. The predicted octanol–water partition coefficient (Wildman–Crippen LogP) is 4.57. The summed E-state index contributed by atoms with van der Waals surface area (Å²) >= 11 is 0. The number of aryl methyl sites for hydroxylation is 2. The molecular formula is C25H24F2N6O. The van der Waals surface area contributed by atoms with Gasteiger partial charge in [0.25, 0.3) is 0 Å². The summed E-state index contributed by atoms with van der Waals surface area (Å²) < 4.78 is 28.9. The number of rotatable bonds is 4. The van der Waals surface area contributed by atoms with Crippen LogP contribution >= 0.6 is 0 Å². The number of para-hydroxylation sites is 1. The maximum Gasteiger partial charge on any atom is 0.227 e. The summed E-state index contributed by atoms with van der Waals surface area (Å²) in [6.45, 7) is 5.13. The van der Waals surface area contributed by atoms with Crippen LogP contribution in [0.5, 0.6) is 0 Å². The van der Waals surface area contributed by atoms with Crippen LogP contribution in [0.15, 0.2) is 48.5 Å². The minimum atomic E-state index is -0.785. The van der Waals surface area contributed by atoms with E-state index in [1.807, 2.05) is 48.9 Å². The zero-order chi connectivity index (χ0) is 23.8. The molecule has 1 aliphatic rings. The Morgan fingerprint density at radius 1 is 1.03 bits per heavy atom. The van der Waals surface area contributed by atoms with Crippen molar-refractivity contribution in [3.8, 4) is 5.69 Å². The van der Waals surface area contributed by atoms with Gasteiger partial charge in [-0.25, -0.2) is 13.5 Å². The average molecular weight is 463 g/mol. The van der Waals surface area contributed by atoms with E-state index >= 15 is 0 Å². The van der Waals surface area contributed by atoms with Gasteiger partial charge in [0.15, 0.2) is 5.82 Å². The Morgan fingerprint density at radius 2 is 1.76 bits per heavy atom. The number of aromatic nitrogens is 4. The topological polar surface area (TPSA) is 75.9 Å². The lowest BCUT2D eigenvalue weighted by Crippen LogP contribution is -2.39. The molecule has 2 aromatic carbocycles. The summed E-state index contributed by atoms with van der Waals surface area (Å²) in [5.41, 5.74) is 3.54. The first-order valence-electron chi connectivity index (χ1n) is 11.2. The highest BCUT2D eigenvalue weighted by Crippen LogP contribution is 2.32. The third-order valence-corrected chi connectivity index (χ3v) is 6.34. The van der Waals surface area contributed by atoms with E-state index in [4.69, 9.17) is 5.10 Å². The summed E-state index contributed by atoms with van der Waals surface area (Å²) in [6.07, 6.45) is 1.15. The lowest BCUT2D eigenvalue weighted by molar-refractivity contribution is -0.120. The van der Waals surface area contributed by atoms with Crippen molar-refractivity contribution in [1.29, 1.82) is 0 Å². The molecular weight excluding hydrogens is 438 g/mol. The number of nitrogens with one attached hydrogen (secondary N) is 1. The first kappa shape index (κ1) is 21.9. The van der Waals surface area contributed by atoms with Gasteiger partial charge >= 0.3 is 0 Å². The lowest BCUT2D eigenvalue weighted by Gasteiger charge is -2.32. The van der Waals surface area contributed by atoms with Crippen LogP contribution in [-0.4, -0.2) is 39.0 Å². The maximum atomic E-state index is 13.9. The van der Waals surface area contributed by atoms with Crippen LogP contribution in [0.25, 0.3) is 16.6 Å². The van der Waals surface area contributed by atoms with E-state index in [0.717, 1.165) is 40.1 Å². The van der Waals surface area contributed by atoms with E-state index in [0.29, 0.717) is 31.7 Å². The number of amides is 1. The second kappa shape index (κ2) is 8.81. The molecule has 34 heavy (non-hydrogen) atoms. The van der Waals surface area contributed by atoms with Crippen molar-refractivity contribution in [2.24, 2.45) is 5.92 Å². The molecule has 9 heteroatoms. The third-order valence-electron chi connectivity index (χ3n) is 6.34. The fourth-order valence-electron chi connectivity index (χ4n) is 4.52. The Morgan fingerprint density at radius 3 is 2.47 bits per heavy atom. The van der Waals surface area contributed by atoms with Gasteiger partial charge in [-0.15, -0.1) is 5.10 Å². The van der Waals surface area contributed by atoms with Crippen LogP contribution in [0.2, 0.25) is 0 Å². The van der Waals surface area contributed by atoms with Gasteiger partial charge in [-0.2, -0.15) is 10.2 Å². The molecule has 0 saturated carbocycles. The highest BCUT2D eigenvalue weighted by Gasteiger charge is 2.28. The van der Waals surface area contributed by atoms with Gasteiger partial charge in [-0.05, 0) is 51.0 Å². The van der Waals surface area contributed by atoms with Gasteiger partial charge in [0.05, 0.1) is 28.1 Å². The largest absolute Gasteiger partial charge is 0.353 e. The molecule has 1 amide bonds. The number of halogens is 2. The summed E-state index contributed by atoms with van der Waals surface area (Å²) in [4.78, 5) is 14.8. The molecule has 0 aliphatic carbocycles. The molecule has 174 valence electrons. The van der Waals surface area contributed by atoms with Gasteiger partial charge in [0.1, 0.15) is 17.2 Å². The molecule has 0 radical (unpaired) electrons. The summed E-state index contributed by atoms with van der Waals surface area (Å²) in [7, 11) is 0. The molecule has 0 spiro atoms. The molecule has 0 unspecified atom stereocenters. The average Bonchev–Trinajstić information content (AvgIpc) is 3.20. The van der Waals surface area contributed by atoms with Crippen molar-refractivity contribution < 1.29 is 13.6 Å². The smallest absolute Gasteiger partial charge is 0.227 e. The van der Waals surface area contributed by atoms with Crippen LogP contribution in [0.4, 0.5) is 20.3 Å². The van der Waals surface area contributed by atoms with Crippen LogP contribution in [0.1, 0.15) is 24.2 Å². The number of hydrogen-bond donors (Lipinski definition) is 1. The minimum absolute atomic E-state index is 0.0122. The van der Waals surface area contributed by atoms with Gasteiger partial charge in [-0.1, -0.05) is 18.2 Å². The van der Waals surface area contributed by atoms with E-state index in [1.165, 1.54) is 6.07 Å². The van der Waals surface area contributed by atoms with Crippen molar-refractivity contribution >= 4 is 28.3 Å². The fraction of sp³-hybridized carbons (Fsp3) is 0.280. The van der Waals surface area contributed by atoms with E-state index in [1.54, 1.807) is 0 Å².